The van der Waals surface area contributed by atoms with Crippen molar-refractivity contribution < 1.29 is 8.42 Å². The van der Waals surface area contributed by atoms with Crippen LogP contribution in [0.1, 0.15) is 44.4 Å². The maximum atomic E-state index is 12.9. The minimum Gasteiger partial charge on any atom is -0.312 e. The van der Waals surface area contributed by atoms with Crippen LogP contribution in [0.25, 0.3) is 0 Å². The number of likely N-dealkylation sites (tertiary alicyclic amines) is 1. The summed E-state index contributed by atoms with van der Waals surface area (Å²) in [5, 5.41) is 0. The van der Waals surface area contributed by atoms with Gasteiger partial charge >= 0.3 is 0 Å². The van der Waals surface area contributed by atoms with E-state index < -0.39 is 9.84 Å². The molecule has 0 amide bonds. The lowest BCUT2D eigenvalue weighted by molar-refractivity contribution is 0.126. The molecule has 0 radical (unpaired) electrons. The molecule has 1 fully saturated rings. The SMILES string of the molecule is CC(C)(C)c1ccc(S(=O)(=O)CCN2C[C@@H]3C[C@H](C2)c2cccc(=O)n2C3)cc1.Cl. The van der Waals surface area contributed by atoms with Crippen molar-refractivity contribution in [3.8, 4) is 0 Å². The van der Waals surface area contributed by atoms with Crippen LogP contribution >= 0.6 is 12.4 Å². The van der Waals surface area contributed by atoms with Crippen molar-refractivity contribution in [2.75, 3.05) is 25.4 Å². The molecule has 0 spiro atoms. The third-order valence-electron chi connectivity index (χ3n) is 6.31. The van der Waals surface area contributed by atoms with Crippen LogP contribution in [0.5, 0.6) is 0 Å². The standard InChI is InChI=1S/C23H30N2O3S.ClH/c1-23(2,3)19-7-9-20(10-8-19)29(27,28)12-11-24-14-17-13-18(16-24)21-5-4-6-22(26)25(21)15-17;/h4-10,17-18H,11-16H2,1-3H3;1H/t17-,18+;/m0./s1. The van der Waals surface area contributed by atoms with Gasteiger partial charge < -0.3 is 9.47 Å². The molecule has 0 aliphatic carbocycles. The first kappa shape index (κ1) is 23.0. The van der Waals surface area contributed by atoms with Crippen LogP contribution in [0.2, 0.25) is 0 Å². The quantitative estimate of drug-likeness (QED) is 0.715. The number of benzene rings is 1. The van der Waals surface area contributed by atoms with Crippen LogP contribution < -0.4 is 5.56 Å². The van der Waals surface area contributed by atoms with Gasteiger partial charge in [0.1, 0.15) is 0 Å². The van der Waals surface area contributed by atoms with E-state index in [1.807, 2.05) is 28.8 Å². The van der Waals surface area contributed by atoms with Crippen LogP contribution in [0.3, 0.4) is 0 Å². The molecular weight excluding hydrogens is 420 g/mol. The van der Waals surface area contributed by atoms with E-state index in [0.29, 0.717) is 23.3 Å². The smallest absolute Gasteiger partial charge is 0.250 e. The van der Waals surface area contributed by atoms with Gasteiger partial charge in [0.25, 0.3) is 5.56 Å². The Morgan fingerprint density at radius 1 is 1.00 bits per heavy atom. The van der Waals surface area contributed by atoms with Crippen molar-refractivity contribution >= 4 is 22.2 Å². The Labute approximate surface area is 185 Å². The highest BCUT2D eigenvalue weighted by molar-refractivity contribution is 7.91. The Bertz CT molecular complexity index is 1060. The molecule has 2 aliphatic rings. The number of hydrogen-bond donors (Lipinski definition) is 0. The molecule has 2 atom stereocenters. The van der Waals surface area contributed by atoms with Crippen molar-refractivity contribution in [3.63, 3.8) is 0 Å². The van der Waals surface area contributed by atoms with Crippen LogP contribution in [-0.2, 0) is 21.8 Å². The largest absolute Gasteiger partial charge is 0.312 e. The second-order valence-corrected chi connectivity index (χ2v) is 11.7. The topological polar surface area (TPSA) is 59.4 Å². The van der Waals surface area contributed by atoms with Crippen molar-refractivity contribution in [1.82, 2.24) is 9.47 Å². The first-order valence-corrected chi connectivity index (χ1v) is 12.0. The van der Waals surface area contributed by atoms with E-state index in [1.54, 1.807) is 18.2 Å². The van der Waals surface area contributed by atoms with E-state index in [0.717, 1.165) is 37.3 Å². The van der Waals surface area contributed by atoms with Gasteiger partial charge in [0.05, 0.1) is 10.6 Å². The summed E-state index contributed by atoms with van der Waals surface area (Å²) < 4.78 is 27.6. The lowest BCUT2D eigenvalue weighted by Gasteiger charge is -2.42. The van der Waals surface area contributed by atoms with Crippen molar-refractivity contribution in [2.45, 2.75) is 50.0 Å². The summed E-state index contributed by atoms with van der Waals surface area (Å²) in [6, 6.07) is 12.8. The summed E-state index contributed by atoms with van der Waals surface area (Å²) in [6.45, 7) is 9.31. The Kier molecular flexibility index (Phi) is 6.51. The van der Waals surface area contributed by atoms with Crippen LogP contribution in [0.15, 0.2) is 52.2 Å². The number of hydrogen-bond acceptors (Lipinski definition) is 4. The van der Waals surface area contributed by atoms with Gasteiger partial charge in [-0.3, -0.25) is 4.79 Å². The van der Waals surface area contributed by atoms with E-state index in [4.69, 9.17) is 0 Å². The first-order valence-electron chi connectivity index (χ1n) is 10.4. The normalized spacial score (nSPS) is 21.6. The summed E-state index contributed by atoms with van der Waals surface area (Å²) in [7, 11) is -3.31. The summed E-state index contributed by atoms with van der Waals surface area (Å²) in [6.07, 6.45) is 1.08. The average Bonchev–Trinajstić information content (AvgIpc) is 2.67. The van der Waals surface area contributed by atoms with Crippen LogP contribution in [0, 0.1) is 5.92 Å². The molecule has 4 rings (SSSR count). The Morgan fingerprint density at radius 3 is 2.37 bits per heavy atom. The van der Waals surface area contributed by atoms with Crippen molar-refractivity contribution in [3.05, 3.63) is 64.1 Å². The van der Waals surface area contributed by atoms with E-state index >= 15 is 0 Å². The van der Waals surface area contributed by atoms with E-state index in [2.05, 4.69) is 25.7 Å². The van der Waals surface area contributed by atoms with Gasteiger partial charge in [-0.1, -0.05) is 39.0 Å². The van der Waals surface area contributed by atoms with Gasteiger partial charge in [0.15, 0.2) is 9.84 Å². The molecule has 30 heavy (non-hydrogen) atoms. The monoisotopic (exact) mass is 450 g/mol. The summed E-state index contributed by atoms with van der Waals surface area (Å²) in [5.74, 6) is 0.850. The summed E-state index contributed by atoms with van der Waals surface area (Å²) in [5.41, 5.74) is 2.31. The lowest BCUT2D eigenvalue weighted by atomic mass is 9.83. The minimum atomic E-state index is -3.31. The molecule has 5 nitrogen and oxygen atoms in total. The predicted molar refractivity (Wildman–Crippen MR) is 122 cm³/mol. The number of rotatable bonds is 4. The van der Waals surface area contributed by atoms with Gasteiger partial charge in [0, 0.05) is 43.9 Å². The van der Waals surface area contributed by atoms with Crippen LogP contribution in [-0.4, -0.2) is 43.3 Å². The molecule has 0 N–H and O–H groups in total. The third kappa shape index (κ3) is 4.66. The minimum absolute atomic E-state index is 0. The molecule has 2 aliphatic heterocycles. The molecule has 0 saturated carbocycles. The Balaban J connectivity index is 0.00000256. The lowest BCUT2D eigenvalue weighted by Crippen LogP contribution is -2.48. The second kappa shape index (κ2) is 8.48. The van der Waals surface area contributed by atoms with Crippen molar-refractivity contribution in [2.24, 2.45) is 5.92 Å². The molecule has 1 aromatic carbocycles. The molecule has 3 heterocycles. The summed E-state index contributed by atoms with van der Waals surface area (Å²) >= 11 is 0. The number of piperidine rings is 1. The second-order valence-electron chi connectivity index (χ2n) is 9.55. The summed E-state index contributed by atoms with van der Waals surface area (Å²) in [4.78, 5) is 14.8. The third-order valence-corrected chi connectivity index (χ3v) is 8.02. The highest BCUT2D eigenvalue weighted by Gasteiger charge is 2.34. The highest BCUT2D eigenvalue weighted by atomic mass is 35.5. The van der Waals surface area contributed by atoms with Gasteiger partial charge in [0.2, 0.25) is 0 Å². The van der Waals surface area contributed by atoms with Gasteiger partial charge in [-0.15, -0.1) is 12.4 Å². The van der Waals surface area contributed by atoms with Crippen molar-refractivity contribution in [1.29, 1.82) is 0 Å². The zero-order valence-corrected chi connectivity index (χ0v) is 19.5. The molecule has 2 aromatic rings. The van der Waals surface area contributed by atoms with E-state index in [1.165, 1.54) is 0 Å². The molecule has 0 unspecified atom stereocenters. The van der Waals surface area contributed by atoms with Gasteiger partial charge in [-0.25, -0.2) is 8.42 Å². The Hall–Kier alpha value is -1.63. The average molecular weight is 451 g/mol. The van der Waals surface area contributed by atoms with Gasteiger partial charge in [-0.05, 0) is 41.5 Å². The molecule has 7 heteroatoms. The molecule has 164 valence electrons. The fourth-order valence-corrected chi connectivity index (χ4v) is 5.99. The fourth-order valence-electron chi connectivity index (χ4n) is 4.71. The molecule has 1 aromatic heterocycles. The Morgan fingerprint density at radius 2 is 1.70 bits per heavy atom. The number of nitrogens with zero attached hydrogens (tertiary/aromatic N) is 2. The zero-order valence-electron chi connectivity index (χ0n) is 17.9. The highest BCUT2D eigenvalue weighted by Crippen LogP contribution is 2.35. The number of pyridine rings is 1. The molecule has 2 bridgehead atoms. The fraction of sp³-hybridized carbons (Fsp3) is 0.522. The van der Waals surface area contributed by atoms with E-state index in [9.17, 15) is 13.2 Å². The zero-order chi connectivity index (χ0) is 20.8. The maximum Gasteiger partial charge on any atom is 0.250 e. The first-order chi connectivity index (χ1) is 13.6. The molecular formula is C23H31ClN2O3S. The van der Waals surface area contributed by atoms with Gasteiger partial charge in [-0.2, -0.15) is 0 Å². The number of halogens is 1. The predicted octanol–water partition coefficient (Wildman–Crippen LogP) is 3.46. The van der Waals surface area contributed by atoms with Crippen LogP contribution in [0.4, 0.5) is 0 Å². The number of aromatic nitrogens is 1. The maximum absolute atomic E-state index is 12.9. The molecule has 1 saturated heterocycles. The van der Waals surface area contributed by atoms with E-state index in [-0.39, 0.29) is 29.1 Å². The number of sulfone groups is 1. The number of fused-ring (bicyclic) bond motifs is 4.